The van der Waals surface area contributed by atoms with E-state index >= 15 is 0 Å². The molecule has 1 aliphatic heterocycles. The largest absolute Gasteiger partial charge is 0.396 e. The van der Waals surface area contributed by atoms with E-state index < -0.39 is 0 Å². The van der Waals surface area contributed by atoms with Crippen molar-refractivity contribution in [3.63, 3.8) is 0 Å². The van der Waals surface area contributed by atoms with E-state index in [0.29, 0.717) is 18.1 Å². The third kappa shape index (κ3) is 3.10. The van der Waals surface area contributed by atoms with Gasteiger partial charge in [-0.25, -0.2) is 4.98 Å². The van der Waals surface area contributed by atoms with Crippen molar-refractivity contribution in [1.82, 2.24) is 24.5 Å². The second-order valence-corrected chi connectivity index (χ2v) is 7.65. The topological polar surface area (TPSA) is 86.5 Å². The smallest absolute Gasteiger partial charge is 0.274 e. The van der Waals surface area contributed by atoms with Crippen LogP contribution in [0.3, 0.4) is 0 Å². The Morgan fingerprint density at radius 3 is 3.00 bits per heavy atom. The molecule has 1 atom stereocenters. The molecule has 2 fully saturated rings. The summed E-state index contributed by atoms with van der Waals surface area (Å²) in [6, 6.07) is 1.58. The van der Waals surface area contributed by atoms with E-state index in [-0.39, 0.29) is 17.6 Å². The zero-order valence-corrected chi connectivity index (χ0v) is 14.2. The van der Waals surface area contributed by atoms with Gasteiger partial charge < -0.3 is 5.11 Å². The number of fused-ring (bicyclic) bond motifs is 1. The summed E-state index contributed by atoms with van der Waals surface area (Å²) in [5.41, 5.74) is 0.660. The molecule has 1 saturated heterocycles. The third-order valence-corrected chi connectivity index (χ3v) is 5.38. The first kappa shape index (κ1) is 15.8. The fraction of sp³-hybridized carbons (Fsp3) is 0.706. The van der Waals surface area contributed by atoms with Gasteiger partial charge in [0.15, 0.2) is 0 Å². The number of aromatic amines is 1. The van der Waals surface area contributed by atoms with E-state index in [9.17, 15) is 9.90 Å². The predicted octanol–water partition coefficient (Wildman–Crippen LogP) is 1.10. The number of rotatable bonds is 5. The number of aliphatic hydroxyl groups is 1. The van der Waals surface area contributed by atoms with Crippen molar-refractivity contribution in [3.05, 3.63) is 27.9 Å². The van der Waals surface area contributed by atoms with Gasteiger partial charge in [-0.05, 0) is 38.6 Å². The average Bonchev–Trinajstić information content (AvgIpc) is 3.26. The highest BCUT2D eigenvalue weighted by Crippen LogP contribution is 2.44. The van der Waals surface area contributed by atoms with Crippen molar-refractivity contribution in [2.24, 2.45) is 11.3 Å². The average molecular weight is 331 g/mol. The van der Waals surface area contributed by atoms with Crippen LogP contribution >= 0.6 is 0 Å². The van der Waals surface area contributed by atoms with E-state index in [4.69, 9.17) is 0 Å². The molecule has 0 aromatic carbocycles. The molecule has 24 heavy (non-hydrogen) atoms. The molecule has 0 bridgehead atoms. The van der Waals surface area contributed by atoms with Crippen LogP contribution in [0, 0.1) is 18.3 Å². The Morgan fingerprint density at radius 2 is 2.25 bits per heavy atom. The van der Waals surface area contributed by atoms with Crippen LogP contribution in [-0.4, -0.2) is 49.3 Å². The Labute approximate surface area is 140 Å². The minimum absolute atomic E-state index is 0.0293. The van der Waals surface area contributed by atoms with Gasteiger partial charge in [0.05, 0.1) is 5.69 Å². The summed E-state index contributed by atoms with van der Waals surface area (Å²) in [5, 5.41) is 12.9. The van der Waals surface area contributed by atoms with Gasteiger partial charge in [-0.2, -0.15) is 9.50 Å². The van der Waals surface area contributed by atoms with Crippen molar-refractivity contribution in [3.8, 4) is 0 Å². The highest BCUT2D eigenvalue weighted by Gasteiger charge is 2.39. The summed E-state index contributed by atoms with van der Waals surface area (Å²) < 4.78 is 1.38. The number of nitrogens with zero attached hydrogens (tertiary/aromatic N) is 4. The fourth-order valence-electron chi connectivity index (χ4n) is 4.08. The molecule has 0 radical (unpaired) electrons. The summed E-state index contributed by atoms with van der Waals surface area (Å²) in [6.45, 7) is 4.59. The zero-order valence-electron chi connectivity index (χ0n) is 14.2. The van der Waals surface area contributed by atoms with Crippen LogP contribution < -0.4 is 5.56 Å². The SMILES string of the molecule is Cc1nc2nc(CN3CCC[C@@](CO)(CC4CC4)C3)cc(=O)n2[nH]1. The van der Waals surface area contributed by atoms with E-state index in [1.165, 1.54) is 17.4 Å². The predicted molar refractivity (Wildman–Crippen MR) is 89.7 cm³/mol. The zero-order chi connectivity index (χ0) is 16.7. The monoisotopic (exact) mass is 331 g/mol. The van der Waals surface area contributed by atoms with Crippen molar-refractivity contribution >= 4 is 5.78 Å². The summed E-state index contributed by atoms with van der Waals surface area (Å²) >= 11 is 0. The lowest BCUT2D eigenvalue weighted by Gasteiger charge is -2.42. The van der Waals surface area contributed by atoms with Crippen molar-refractivity contribution in [2.75, 3.05) is 19.7 Å². The van der Waals surface area contributed by atoms with E-state index in [1.54, 1.807) is 6.07 Å². The van der Waals surface area contributed by atoms with Crippen LogP contribution in [0.5, 0.6) is 0 Å². The lowest BCUT2D eigenvalue weighted by atomic mass is 9.76. The molecule has 7 heteroatoms. The number of hydrogen-bond acceptors (Lipinski definition) is 5. The molecule has 1 aliphatic carbocycles. The Bertz CT molecular complexity index is 794. The van der Waals surface area contributed by atoms with Crippen LogP contribution in [-0.2, 0) is 6.54 Å². The molecule has 7 nitrogen and oxygen atoms in total. The first-order valence-corrected chi connectivity index (χ1v) is 8.85. The molecule has 2 N–H and O–H groups in total. The number of aromatic nitrogens is 4. The van der Waals surface area contributed by atoms with E-state index in [2.05, 4.69) is 20.0 Å². The lowest BCUT2D eigenvalue weighted by molar-refractivity contribution is 0.0175. The van der Waals surface area contributed by atoms with Gasteiger partial charge in [0.2, 0.25) is 0 Å². The third-order valence-electron chi connectivity index (χ3n) is 5.38. The van der Waals surface area contributed by atoms with Crippen LogP contribution in [0.15, 0.2) is 10.9 Å². The van der Waals surface area contributed by atoms with Gasteiger partial charge >= 0.3 is 0 Å². The second kappa shape index (κ2) is 5.97. The first-order chi connectivity index (χ1) is 11.6. The number of aliphatic hydroxyl groups excluding tert-OH is 1. The first-order valence-electron chi connectivity index (χ1n) is 8.85. The number of likely N-dealkylation sites (tertiary alicyclic amines) is 1. The molecule has 130 valence electrons. The van der Waals surface area contributed by atoms with Gasteiger partial charge in [0.1, 0.15) is 5.82 Å². The lowest BCUT2D eigenvalue weighted by Crippen LogP contribution is -2.45. The molecule has 2 aliphatic rings. The standard InChI is InChI=1S/C17H25N5O2/c1-12-18-16-19-14(7-15(24)22(16)20-12)9-21-6-2-5-17(10-21,11-23)8-13-3-4-13/h7,13,23H,2-6,8-11H2,1H3,(H,18,19,20)/t17-/m1/s1. The van der Waals surface area contributed by atoms with Gasteiger partial charge in [0.25, 0.3) is 11.3 Å². The number of H-pyrrole nitrogens is 1. The van der Waals surface area contributed by atoms with Gasteiger partial charge in [0, 0.05) is 31.2 Å². The van der Waals surface area contributed by atoms with Gasteiger partial charge in [-0.3, -0.25) is 14.8 Å². The maximum absolute atomic E-state index is 12.2. The maximum Gasteiger partial charge on any atom is 0.274 e. The Kier molecular flexibility index (Phi) is 3.92. The molecule has 4 rings (SSSR count). The summed E-state index contributed by atoms with van der Waals surface area (Å²) in [6.07, 6.45) is 5.96. The minimum Gasteiger partial charge on any atom is -0.396 e. The number of hydrogen-bond donors (Lipinski definition) is 2. The van der Waals surface area contributed by atoms with Crippen molar-refractivity contribution in [2.45, 2.75) is 45.6 Å². The molecule has 1 saturated carbocycles. The highest BCUT2D eigenvalue weighted by molar-refractivity contribution is 5.27. The summed E-state index contributed by atoms with van der Waals surface area (Å²) in [7, 11) is 0. The van der Waals surface area contributed by atoms with E-state index in [0.717, 1.165) is 44.0 Å². The number of aryl methyl sites for hydroxylation is 1. The fourth-order valence-corrected chi connectivity index (χ4v) is 4.08. The summed E-state index contributed by atoms with van der Waals surface area (Å²) in [5.74, 6) is 1.92. The van der Waals surface area contributed by atoms with Crippen molar-refractivity contribution in [1.29, 1.82) is 0 Å². The molecule has 0 unspecified atom stereocenters. The van der Waals surface area contributed by atoms with Crippen LogP contribution in [0.1, 0.15) is 43.6 Å². The van der Waals surface area contributed by atoms with Crippen LogP contribution in [0.4, 0.5) is 0 Å². The molecule has 2 aromatic heterocycles. The quantitative estimate of drug-likeness (QED) is 0.857. The Morgan fingerprint density at radius 1 is 1.42 bits per heavy atom. The van der Waals surface area contributed by atoms with Gasteiger partial charge in [-0.15, -0.1) is 0 Å². The molecule has 3 heterocycles. The van der Waals surface area contributed by atoms with Gasteiger partial charge in [-0.1, -0.05) is 12.8 Å². The molecule has 0 spiro atoms. The molecule has 0 amide bonds. The molecular formula is C17H25N5O2. The normalized spacial score (nSPS) is 25.4. The highest BCUT2D eigenvalue weighted by atomic mass is 16.3. The molecular weight excluding hydrogens is 306 g/mol. The Balaban J connectivity index is 1.52. The summed E-state index contributed by atoms with van der Waals surface area (Å²) in [4.78, 5) is 23.3. The van der Waals surface area contributed by atoms with Crippen LogP contribution in [0.2, 0.25) is 0 Å². The molecule has 2 aromatic rings. The van der Waals surface area contributed by atoms with E-state index in [1.807, 2.05) is 6.92 Å². The minimum atomic E-state index is -0.126. The second-order valence-electron chi connectivity index (χ2n) is 7.65. The maximum atomic E-state index is 12.2. The number of nitrogens with one attached hydrogen (secondary N) is 1. The van der Waals surface area contributed by atoms with Crippen molar-refractivity contribution < 1.29 is 5.11 Å². The van der Waals surface area contributed by atoms with Crippen LogP contribution in [0.25, 0.3) is 5.78 Å². The number of piperidine rings is 1. The Hall–Kier alpha value is -1.73.